The van der Waals surface area contributed by atoms with Crippen LogP contribution in [0.25, 0.3) is 0 Å². The van der Waals surface area contributed by atoms with Crippen molar-refractivity contribution < 1.29 is 0 Å². The van der Waals surface area contributed by atoms with Crippen molar-refractivity contribution in [3.8, 4) is 0 Å². The molecule has 0 N–H and O–H groups in total. The molecule has 0 amide bonds. The van der Waals surface area contributed by atoms with E-state index in [-0.39, 0.29) is 0 Å². The fraction of sp³-hybridized carbons (Fsp3) is 1.00. The predicted octanol–water partition coefficient (Wildman–Crippen LogP) is 0.380. The first-order valence-electron chi connectivity index (χ1n) is 3.42. The van der Waals surface area contributed by atoms with Crippen LogP contribution in [0, 0.1) is 0 Å². The molecule has 0 heterocycles. The van der Waals surface area contributed by atoms with Crippen LogP contribution < -0.4 is 0 Å². The molecular formula is C6H16AlN. The molecule has 0 aromatic carbocycles. The van der Waals surface area contributed by atoms with Crippen molar-refractivity contribution in [2.24, 2.45) is 0 Å². The third-order valence-corrected chi connectivity index (χ3v) is 1.92. The zero-order valence-electron chi connectivity index (χ0n) is 6.28. The summed E-state index contributed by atoms with van der Waals surface area (Å²) in [6.45, 7) is 1.27. The summed E-state index contributed by atoms with van der Waals surface area (Å²) in [6, 6.07) is 0. The summed E-state index contributed by atoms with van der Waals surface area (Å²) in [5.74, 6) is 0. The summed E-state index contributed by atoms with van der Waals surface area (Å²) in [5.41, 5.74) is 0. The highest BCUT2D eigenvalue weighted by molar-refractivity contribution is 6.08. The zero-order chi connectivity index (χ0) is 6.41. The second-order valence-electron chi connectivity index (χ2n) is 2.51. The monoisotopic (exact) mass is 129 g/mol. The molecule has 0 aliphatic rings. The molecule has 0 aliphatic carbocycles. The maximum Gasteiger partial charge on any atom is 0.211 e. The Morgan fingerprint density at radius 2 is 1.88 bits per heavy atom. The van der Waals surface area contributed by atoms with E-state index in [1.165, 1.54) is 41.0 Å². The molecule has 48 valence electrons. The Bertz CT molecular complexity index is 45.8. The van der Waals surface area contributed by atoms with E-state index in [1.54, 1.807) is 0 Å². The Labute approximate surface area is 60.5 Å². The van der Waals surface area contributed by atoms with Gasteiger partial charge in [-0.1, -0.05) is 6.42 Å². The summed E-state index contributed by atoms with van der Waals surface area (Å²) >= 11 is 1.38. The third-order valence-electron chi connectivity index (χ3n) is 1.21. The van der Waals surface area contributed by atoms with Crippen molar-refractivity contribution in [1.82, 2.24) is 4.90 Å². The largest absolute Gasteiger partial charge is 0.309 e. The van der Waals surface area contributed by atoms with Gasteiger partial charge in [0.25, 0.3) is 0 Å². The number of nitrogens with zero attached hydrogens (tertiary/aromatic N) is 1. The number of unbranched alkanes of at least 4 members (excludes halogenated alkanes) is 1. The van der Waals surface area contributed by atoms with Crippen LogP contribution in [0.1, 0.15) is 12.8 Å². The quantitative estimate of drug-likeness (QED) is 0.392. The van der Waals surface area contributed by atoms with E-state index in [9.17, 15) is 0 Å². The lowest BCUT2D eigenvalue weighted by atomic mass is 10.3. The highest BCUT2D eigenvalue weighted by Crippen LogP contribution is 1.92. The molecule has 8 heavy (non-hydrogen) atoms. The topological polar surface area (TPSA) is 3.24 Å². The number of rotatable bonds is 4. The summed E-state index contributed by atoms with van der Waals surface area (Å²) in [5, 5.41) is 1.47. The fourth-order valence-corrected chi connectivity index (χ4v) is 1.18. The molecule has 0 aromatic rings. The Morgan fingerprint density at radius 3 is 2.25 bits per heavy atom. The summed E-state index contributed by atoms with van der Waals surface area (Å²) < 4.78 is 0. The highest BCUT2D eigenvalue weighted by Gasteiger charge is 1.86. The molecule has 0 aromatic heterocycles. The van der Waals surface area contributed by atoms with Crippen molar-refractivity contribution in [2.75, 3.05) is 20.6 Å². The van der Waals surface area contributed by atoms with Gasteiger partial charge in [-0.2, -0.15) is 0 Å². The molecule has 0 saturated carbocycles. The van der Waals surface area contributed by atoms with Crippen LogP contribution in [0.5, 0.6) is 0 Å². The predicted molar refractivity (Wildman–Crippen MR) is 41.1 cm³/mol. The molecule has 0 fully saturated rings. The molecule has 0 unspecified atom stereocenters. The molecule has 0 bridgehead atoms. The summed E-state index contributed by atoms with van der Waals surface area (Å²) in [6.07, 6.45) is 2.82. The lowest BCUT2D eigenvalue weighted by molar-refractivity contribution is 0.398. The van der Waals surface area contributed by atoms with E-state index in [2.05, 4.69) is 19.0 Å². The van der Waals surface area contributed by atoms with Crippen molar-refractivity contribution in [3.63, 3.8) is 0 Å². The third kappa shape index (κ3) is 6.49. The van der Waals surface area contributed by atoms with E-state index in [0.717, 1.165) is 0 Å². The second kappa shape index (κ2) is 5.63. The van der Waals surface area contributed by atoms with Gasteiger partial charge in [0, 0.05) is 0 Å². The molecule has 0 saturated heterocycles. The Morgan fingerprint density at radius 1 is 1.25 bits per heavy atom. The van der Waals surface area contributed by atoms with Gasteiger partial charge in [-0.05, 0) is 27.1 Å². The standard InChI is InChI=1S/C6H14N.Al.2H/c1-4-5-6-7(2)3;;;/h1,4-6H2,2-3H3;;;. The van der Waals surface area contributed by atoms with E-state index in [4.69, 9.17) is 0 Å². The maximum absolute atomic E-state index is 2.25. The average Bonchev–Trinajstić information content (AvgIpc) is 1.66. The molecular weight excluding hydrogens is 113 g/mol. The van der Waals surface area contributed by atoms with Gasteiger partial charge in [0.2, 0.25) is 16.3 Å². The molecule has 1 nitrogen and oxygen atoms in total. The van der Waals surface area contributed by atoms with Gasteiger partial charge in [0.15, 0.2) is 0 Å². The molecule has 2 heteroatoms. The van der Waals surface area contributed by atoms with Crippen LogP contribution in [-0.4, -0.2) is 41.8 Å². The van der Waals surface area contributed by atoms with E-state index in [0.29, 0.717) is 0 Å². The average molecular weight is 129 g/mol. The van der Waals surface area contributed by atoms with E-state index < -0.39 is 0 Å². The lowest BCUT2D eigenvalue weighted by Gasteiger charge is -2.06. The smallest absolute Gasteiger partial charge is 0.211 e. The fourth-order valence-electron chi connectivity index (χ4n) is 0.678. The van der Waals surface area contributed by atoms with Crippen LogP contribution in [0.15, 0.2) is 0 Å². The van der Waals surface area contributed by atoms with Crippen molar-refractivity contribution in [2.45, 2.75) is 18.1 Å². The van der Waals surface area contributed by atoms with Gasteiger partial charge < -0.3 is 4.90 Å². The lowest BCUT2D eigenvalue weighted by Crippen LogP contribution is -2.12. The first-order chi connectivity index (χ1) is 3.77. The Balaban J connectivity index is 2.72. The van der Waals surface area contributed by atoms with Gasteiger partial charge in [0.1, 0.15) is 0 Å². The minimum Gasteiger partial charge on any atom is -0.309 e. The first kappa shape index (κ1) is 8.49. The van der Waals surface area contributed by atoms with E-state index >= 15 is 0 Å². The Kier molecular flexibility index (Phi) is 5.97. The van der Waals surface area contributed by atoms with Crippen molar-refractivity contribution >= 4 is 16.3 Å². The van der Waals surface area contributed by atoms with E-state index in [1.807, 2.05) is 0 Å². The first-order valence-corrected chi connectivity index (χ1v) is 4.83. The van der Waals surface area contributed by atoms with Crippen LogP contribution >= 0.6 is 0 Å². The minimum atomic E-state index is 1.27. The van der Waals surface area contributed by atoms with Crippen LogP contribution in [0.2, 0.25) is 5.28 Å². The zero-order valence-corrected chi connectivity index (χ0v) is 8.28. The molecule has 0 aliphatic heterocycles. The van der Waals surface area contributed by atoms with Crippen molar-refractivity contribution in [3.05, 3.63) is 0 Å². The molecule has 0 atom stereocenters. The van der Waals surface area contributed by atoms with Crippen LogP contribution in [-0.2, 0) is 0 Å². The van der Waals surface area contributed by atoms with Crippen molar-refractivity contribution in [1.29, 1.82) is 0 Å². The molecule has 0 rings (SSSR count). The normalized spacial score (nSPS) is 10.4. The van der Waals surface area contributed by atoms with Crippen LogP contribution in [0.3, 0.4) is 0 Å². The Hall–Kier alpha value is 0.492. The summed E-state index contributed by atoms with van der Waals surface area (Å²) in [4.78, 5) is 2.25. The maximum atomic E-state index is 2.25. The summed E-state index contributed by atoms with van der Waals surface area (Å²) in [7, 11) is 4.26. The minimum absolute atomic E-state index is 1.27. The molecule has 0 radical (unpaired) electrons. The van der Waals surface area contributed by atoms with Gasteiger partial charge in [0.05, 0.1) is 0 Å². The highest BCUT2D eigenvalue weighted by atomic mass is 27.0. The van der Waals surface area contributed by atoms with Crippen LogP contribution in [0.4, 0.5) is 0 Å². The van der Waals surface area contributed by atoms with Gasteiger partial charge >= 0.3 is 0 Å². The number of hydrogen-bond donors (Lipinski definition) is 0. The van der Waals surface area contributed by atoms with Gasteiger partial charge in [-0.25, -0.2) is 0 Å². The number of hydrogen-bond acceptors (Lipinski definition) is 1. The molecule has 0 spiro atoms. The SMILES string of the molecule is CN(C)CCC[CH2][AlH2]. The second-order valence-corrected chi connectivity index (χ2v) is 3.51. The van der Waals surface area contributed by atoms with Gasteiger partial charge in [-0.15, -0.1) is 5.28 Å². The van der Waals surface area contributed by atoms with Gasteiger partial charge in [-0.3, -0.25) is 0 Å².